The Balaban J connectivity index is 1.85. The zero-order valence-corrected chi connectivity index (χ0v) is 20.5. The van der Waals surface area contributed by atoms with Crippen molar-refractivity contribution < 1.29 is 19.5 Å². The van der Waals surface area contributed by atoms with Crippen molar-refractivity contribution in [3.8, 4) is 45.1 Å². The van der Waals surface area contributed by atoms with E-state index in [1.807, 2.05) is 66.7 Å². The van der Waals surface area contributed by atoms with E-state index in [4.69, 9.17) is 9.72 Å². The molecule has 1 aromatic heterocycles. The van der Waals surface area contributed by atoms with Crippen molar-refractivity contribution in [1.82, 2.24) is 4.98 Å². The number of nitrogens with zero attached hydrogens (tertiary/aromatic N) is 4. The molecule has 0 radical (unpaired) electrons. The zero-order valence-electron chi connectivity index (χ0n) is 20.5. The number of nitro groups is 3. The lowest BCUT2D eigenvalue weighted by molar-refractivity contribution is -0.404. The average Bonchev–Trinajstić information content (AvgIpc) is 2.97. The van der Waals surface area contributed by atoms with E-state index in [2.05, 4.69) is 0 Å². The molecular weight excluding hydrogens is 516 g/mol. The maximum absolute atomic E-state index is 12.0. The molecule has 0 fully saturated rings. The van der Waals surface area contributed by atoms with Crippen LogP contribution in [0.1, 0.15) is 0 Å². The topological polar surface area (TPSA) is 152 Å². The van der Waals surface area contributed by atoms with E-state index >= 15 is 0 Å². The highest BCUT2D eigenvalue weighted by atomic mass is 16.6. The number of non-ortho nitro benzene ring substituents is 1. The Labute approximate surface area is 226 Å². The highest BCUT2D eigenvalue weighted by Gasteiger charge is 2.34. The van der Waals surface area contributed by atoms with Crippen LogP contribution in [-0.4, -0.2) is 19.8 Å². The summed E-state index contributed by atoms with van der Waals surface area (Å²) in [6.07, 6.45) is 0. The van der Waals surface area contributed by atoms with E-state index in [-0.39, 0.29) is 5.75 Å². The van der Waals surface area contributed by atoms with Gasteiger partial charge in [-0.05, 0) is 5.56 Å². The van der Waals surface area contributed by atoms with E-state index < -0.39 is 37.6 Å². The molecule has 0 atom stereocenters. The number of nitro benzene ring substituents is 3. The molecule has 11 heteroatoms. The lowest BCUT2D eigenvalue weighted by atomic mass is 9.96. The smallest absolute Gasteiger partial charge is 0.325 e. The van der Waals surface area contributed by atoms with Crippen LogP contribution in [0.3, 0.4) is 0 Å². The molecule has 0 N–H and O–H groups in total. The van der Waals surface area contributed by atoms with Gasteiger partial charge in [0.15, 0.2) is 0 Å². The fourth-order valence-corrected chi connectivity index (χ4v) is 4.22. The molecule has 196 valence electrons. The number of hydrogen-bond acceptors (Lipinski definition) is 8. The molecule has 0 amide bonds. The summed E-state index contributed by atoms with van der Waals surface area (Å²) in [5.74, 6) is -0.694. The number of aromatic nitrogens is 1. The maximum atomic E-state index is 12.0. The first-order valence-corrected chi connectivity index (χ1v) is 11.8. The maximum Gasteiger partial charge on any atom is 0.325 e. The molecule has 0 unspecified atom stereocenters. The lowest BCUT2D eigenvalue weighted by Gasteiger charge is -2.18. The van der Waals surface area contributed by atoms with E-state index in [1.165, 1.54) is 0 Å². The predicted molar refractivity (Wildman–Crippen MR) is 147 cm³/mol. The second-order valence-electron chi connectivity index (χ2n) is 8.51. The van der Waals surface area contributed by atoms with Crippen LogP contribution in [0.2, 0.25) is 0 Å². The van der Waals surface area contributed by atoms with Crippen LogP contribution in [0.25, 0.3) is 33.6 Å². The van der Waals surface area contributed by atoms with Gasteiger partial charge >= 0.3 is 11.4 Å². The number of rotatable bonds is 8. The first-order valence-electron chi connectivity index (χ1n) is 11.8. The number of pyridine rings is 1. The molecule has 5 rings (SSSR count). The molecule has 40 heavy (non-hydrogen) atoms. The number of benzene rings is 4. The van der Waals surface area contributed by atoms with Crippen molar-refractivity contribution >= 4 is 17.1 Å². The fraction of sp³-hybridized carbons (Fsp3) is 0. The average molecular weight is 534 g/mol. The van der Waals surface area contributed by atoms with Crippen molar-refractivity contribution in [2.24, 2.45) is 0 Å². The summed E-state index contributed by atoms with van der Waals surface area (Å²) in [6, 6.07) is 30.1. The standard InChI is InChI=1S/C29H18N4O7/c34-31(35)22-16-24(32(36)37)29(25(17-22)33(38)39)40-26-18-23(19-10-4-1-5-11-19)30-28(21-14-8-3-9-15-21)27(26)20-12-6-2-7-13-20/h1-18H. The summed E-state index contributed by atoms with van der Waals surface area (Å²) >= 11 is 0. The third-order valence-electron chi connectivity index (χ3n) is 6.01. The minimum Gasteiger partial charge on any atom is -0.443 e. The molecular formula is C29H18N4O7. The first-order chi connectivity index (χ1) is 19.3. The van der Waals surface area contributed by atoms with Gasteiger partial charge < -0.3 is 4.74 Å². The molecule has 0 bridgehead atoms. The van der Waals surface area contributed by atoms with Crippen molar-refractivity contribution in [3.63, 3.8) is 0 Å². The summed E-state index contributed by atoms with van der Waals surface area (Å²) in [4.78, 5) is 37.4. The second-order valence-corrected chi connectivity index (χ2v) is 8.51. The van der Waals surface area contributed by atoms with Crippen molar-refractivity contribution in [1.29, 1.82) is 0 Å². The van der Waals surface area contributed by atoms with Crippen molar-refractivity contribution in [3.05, 3.63) is 140 Å². The zero-order chi connectivity index (χ0) is 28.2. The molecule has 0 saturated heterocycles. The van der Waals surface area contributed by atoms with Gasteiger partial charge in [-0.3, -0.25) is 30.3 Å². The molecule has 0 aliphatic heterocycles. The van der Waals surface area contributed by atoms with Gasteiger partial charge in [0.2, 0.25) is 0 Å². The van der Waals surface area contributed by atoms with Crippen LogP contribution in [0, 0.1) is 30.3 Å². The molecule has 0 aliphatic carbocycles. The van der Waals surface area contributed by atoms with Crippen LogP contribution in [-0.2, 0) is 0 Å². The van der Waals surface area contributed by atoms with Crippen LogP contribution in [0.4, 0.5) is 17.1 Å². The second kappa shape index (κ2) is 10.8. The van der Waals surface area contributed by atoms with Gasteiger partial charge in [0.05, 0.1) is 43.9 Å². The third-order valence-corrected chi connectivity index (χ3v) is 6.01. The van der Waals surface area contributed by atoms with E-state index in [0.717, 1.165) is 0 Å². The highest BCUT2D eigenvalue weighted by molar-refractivity contribution is 5.88. The number of ether oxygens (including phenoxy) is 1. The minimum absolute atomic E-state index is 0.0407. The van der Waals surface area contributed by atoms with Gasteiger partial charge in [-0.2, -0.15) is 0 Å². The summed E-state index contributed by atoms with van der Waals surface area (Å²) in [7, 11) is 0. The molecule has 0 saturated carbocycles. The summed E-state index contributed by atoms with van der Waals surface area (Å²) in [5, 5.41) is 35.3. The van der Waals surface area contributed by atoms with Crippen LogP contribution >= 0.6 is 0 Å². The highest BCUT2D eigenvalue weighted by Crippen LogP contribution is 2.47. The van der Waals surface area contributed by atoms with E-state index in [9.17, 15) is 30.3 Å². The predicted octanol–water partition coefficient (Wildman–Crippen LogP) is 7.60. The molecule has 0 spiro atoms. The Bertz CT molecular complexity index is 1710. The summed E-state index contributed by atoms with van der Waals surface area (Å²) in [6.45, 7) is 0. The Morgan fingerprint density at radius 3 is 1.52 bits per heavy atom. The molecule has 1 heterocycles. The Morgan fingerprint density at radius 2 is 1.05 bits per heavy atom. The van der Waals surface area contributed by atoms with Gasteiger partial charge in [-0.1, -0.05) is 91.0 Å². The molecule has 5 aromatic rings. The van der Waals surface area contributed by atoms with Crippen LogP contribution < -0.4 is 4.74 Å². The molecule has 4 aromatic carbocycles. The van der Waals surface area contributed by atoms with Crippen LogP contribution in [0.15, 0.2) is 109 Å². The monoisotopic (exact) mass is 534 g/mol. The van der Waals surface area contributed by atoms with Gasteiger partial charge in [0, 0.05) is 17.2 Å². The van der Waals surface area contributed by atoms with Gasteiger partial charge in [0.1, 0.15) is 5.75 Å². The molecule has 0 aliphatic rings. The Morgan fingerprint density at radius 1 is 0.575 bits per heavy atom. The van der Waals surface area contributed by atoms with E-state index in [1.54, 1.807) is 30.3 Å². The quantitative estimate of drug-likeness (QED) is 0.146. The summed E-state index contributed by atoms with van der Waals surface area (Å²) < 4.78 is 6.06. The van der Waals surface area contributed by atoms with Crippen molar-refractivity contribution in [2.75, 3.05) is 0 Å². The third kappa shape index (κ3) is 5.07. The SMILES string of the molecule is O=[N+]([O-])c1cc([N+](=O)[O-])c(Oc2cc(-c3ccccc3)nc(-c3ccccc3)c2-c2ccccc2)c([N+](=O)[O-])c1. The van der Waals surface area contributed by atoms with Gasteiger partial charge in [0.25, 0.3) is 11.4 Å². The van der Waals surface area contributed by atoms with Gasteiger partial charge in [-0.15, -0.1) is 0 Å². The largest absolute Gasteiger partial charge is 0.443 e. The normalized spacial score (nSPS) is 10.6. The van der Waals surface area contributed by atoms with E-state index in [0.29, 0.717) is 45.8 Å². The van der Waals surface area contributed by atoms with Crippen LogP contribution in [0.5, 0.6) is 11.5 Å². The van der Waals surface area contributed by atoms with Gasteiger partial charge in [-0.25, -0.2) is 4.98 Å². The Hall–Kier alpha value is -5.97. The molecule has 11 nitrogen and oxygen atoms in total. The number of hydrogen-bond donors (Lipinski definition) is 0. The lowest BCUT2D eigenvalue weighted by Crippen LogP contribution is -2.03. The van der Waals surface area contributed by atoms with Crippen molar-refractivity contribution in [2.45, 2.75) is 0 Å². The summed E-state index contributed by atoms with van der Waals surface area (Å²) in [5.41, 5.74) is 0.742. The minimum atomic E-state index is -0.949. The Kier molecular flexibility index (Phi) is 6.93. The fourth-order valence-electron chi connectivity index (χ4n) is 4.22. The first kappa shape index (κ1) is 25.7.